The molecule has 0 bridgehead atoms. The van der Waals surface area contributed by atoms with Gasteiger partial charge in [0.05, 0.1) is 17.5 Å². The van der Waals surface area contributed by atoms with E-state index in [4.69, 9.17) is 14.7 Å². The van der Waals surface area contributed by atoms with Crippen LogP contribution in [-0.2, 0) is 0 Å². The molecule has 1 saturated heterocycles. The van der Waals surface area contributed by atoms with E-state index in [-0.39, 0.29) is 0 Å². The fraction of sp³-hybridized carbons (Fsp3) is 0.474. The van der Waals surface area contributed by atoms with E-state index in [1.54, 1.807) is 0 Å². The van der Waals surface area contributed by atoms with Crippen LogP contribution in [0.5, 0.6) is 5.88 Å². The van der Waals surface area contributed by atoms with E-state index < -0.39 is 0 Å². The Bertz CT molecular complexity index is 680. The molecule has 0 unspecified atom stereocenters. The Morgan fingerprint density at radius 3 is 2.71 bits per heavy atom. The van der Waals surface area contributed by atoms with Crippen molar-refractivity contribution in [2.75, 3.05) is 44.2 Å². The van der Waals surface area contributed by atoms with Crippen molar-refractivity contribution in [1.29, 1.82) is 0 Å². The van der Waals surface area contributed by atoms with Crippen LogP contribution in [0.15, 0.2) is 36.9 Å². The Morgan fingerprint density at radius 2 is 1.96 bits per heavy atom. The molecule has 24 heavy (non-hydrogen) atoms. The second kappa shape index (κ2) is 8.11. The minimum atomic E-state index is 0.698. The van der Waals surface area contributed by atoms with Gasteiger partial charge in [0, 0.05) is 32.7 Å². The van der Waals surface area contributed by atoms with Crippen molar-refractivity contribution >= 4 is 16.9 Å². The molecule has 0 spiro atoms. The van der Waals surface area contributed by atoms with Crippen LogP contribution in [0, 0.1) is 0 Å². The fourth-order valence-electron chi connectivity index (χ4n) is 2.91. The summed E-state index contributed by atoms with van der Waals surface area (Å²) in [7, 11) is 0. The van der Waals surface area contributed by atoms with Crippen LogP contribution < -0.4 is 9.64 Å². The normalized spacial score (nSPS) is 15.6. The van der Waals surface area contributed by atoms with E-state index in [0.29, 0.717) is 12.5 Å². The van der Waals surface area contributed by atoms with Gasteiger partial charge in [-0.15, -0.1) is 6.58 Å². The number of para-hydroxylation sites is 1. The summed E-state index contributed by atoms with van der Waals surface area (Å²) in [5, 5.41) is 0.989. The Balaban J connectivity index is 1.81. The van der Waals surface area contributed by atoms with E-state index >= 15 is 0 Å². The summed E-state index contributed by atoms with van der Waals surface area (Å²) < 4.78 is 5.95. The average Bonchev–Trinajstić information content (AvgIpc) is 2.62. The van der Waals surface area contributed by atoms with Gasteiger partial charge in [0.2, 0.25) is 11.8 Å². The van der Waals surface area contributed by atoms with Crippen LogP contribution in [0.2, 0.25) is 0 Å². The standard InChI is InChI=1S/C19H26N4O/c1-3-5-15-24-18-16-8-6-7-9-17(16)20-19(21-18)23-13-11-22(10-4-2)12-14-23/h4,6-9H,2-3,5,10-15H2,1H3. The number of nitrogens with zero attached hydrogens (tertiary/aromatic N) is 4. The van der Waals surface area contributed by atoms with Crippen molar-refractivity contribution < 1.29 is 4.74 Å². The lowest BCUT2D eigenvalue weighted by Gasteiger charge is -2.34. The molecule has 1 aromatic heterocycles. The van der Waals surface area contributed by atoms with Crippen molar-refractivity contribution in [2.24, 2.45) is 0 Å². The van der Waals surface area contributed by atoms with Crippen LogP contribution in [0.25, 0.3) is 10.9 Å². The summed E-state index contributed by atoms with van der Waals surface area (Å²) in [6, 6.07) is 8.08. The minimum Gasteiger partial charge on any atom is -0.477 e. The molecule has 2 aromatic rings. The summed E-state index contributed by atoms with van der Waals surface area (Å²) >= 11 is 0. The second-order valence-electron chi connectivity index (χ2n) is 6.12. The lowest BCUT2D eigenvalue weighted by molar-refractivity contribution is 0.280. The highest BCUT2D eigenvalue weighted by molar-refractivity contribution is 5.84. The van der Waals surface area contributed by atoms with Crippen molar-refractivity contribution in [3.05, 3.63) is 36.9 Å². The lowest BCUT2D eigenvalue weighted by atomic mass is 10.2. The second-order valence-corrected chi connectivity index (χ2v) is 6.12. The topological polar surface area (TPSA) is 41.5 Å². The molecule has 1 fully saturated rings. The summed E-state index contributed by atoms with van der Waals surface area (Å²) in [6.45, 7) is 11.5. The van der Waals surface area contributed by atoms with Gasteiger partial charge in [-0.25, -0.2) is 4.98 Å². The molecule has 0 N–H and O–H groups in total. The number of unbranched alkanes of at least 4 members (excludes halogenated alkanes) is 1. The number of aromatic nitrogens is 2. The van der Waals surface area contributed by atoms with Gasteiger partial charge in [-0.2, -0.15) is 4.98 Å². The zero-order valence-corrected chi connectivity index (χ0v) is 14.4. The monoisotopic (exact) mass is 326 g/mol. The Labute approximate surface area is 144 Å². The maximum atomic E-state index is 5.95. The van der Waals surface area contributed by atoms with E-state index in [1.807, 2.05) is 30.3 Å². The van der Waals surface area contributed by atoms with E-state index in [9.17, 15) is 0 Å². The predicted octanol–water partition coefficient (Wildman–Crippen LogP) is 3.12. The molecular formula is C19H26N4O. The first-order valence-electron chi connectivity index (χ1n) is 8.79. The van der Waals surface area contributed by atoms with Gasteiger partial charge in [0.15, 0.2) is 0 Å². The lowest BCUT2D eigenvalue weighted by Crippen LogP contribution is -2.46. The molecular weight excluding hydrogens is 300 g/mol. The van der Waals surface area contributed by atoms with Crippen LogP contribution in [0.4, 0.5) is 5.95 Å². The van der Waals surface area contributed by atoms with Crippen LogP contribution in [0.1, 0.15) is 19.8 Å². The first-order valence-corrected chi connectivity index (χ1v) is 8.79. The minimum absolute atomic E-state index is 0.698. The van der Waals surface area contributed by atoms with Crippen LogP contribution in [0.3, 0.4) is 0 Å². The van der Waals surface area contributed by atoms with Gasteiger partial charge < -0.3 is 9.64 Å². The molecule has 5 heteroatoms. The molecule has 5 nitrogen and oxygen atoms in total. The Hall–Kier alpha value is -2.14. The summed E-state index contributed by atoms with van der Waals surface area (Å²) in [4.78, 5) is 14.1. The van der Waals surface area contributed by atoms with Gasteiger partial charge in [-0.05, 0) is 18.6 Å². The molecule has 0 saturated carbocycles. The summed E-state index contributed by atoms with van der Waals surface area (Å²) in [6.07, 6.45) is 4.11. The zero-order valence-electron chi connectivity index (χ0n) is 14.4. The molecule has 0 aliphatic carbocycles. The quantitative estimate of drug-likeness (QED) is 0.578. The van der Waals surface area contributed by atoms with Gasteiger partial charge >= 0.3 is 0 Å². The first kappa shape index (κ1) is 16.7. The Kier molecular flexibility index (Phi) is 5.64. The first-order chi connectivity index (χ1) is 11.8. The maximum Gasteiger partial charge on any atom is 0.229 e. The number of anilines is 1. The van der Waals surface area contributed by atoms with Crippen molar-refractivity contribution in [1.82, 2.24) is 14.9 Å². The molecule has 128 valence electrons. The van der Waals surface area contributed by atoms with Gasteiger partial charge in [-0.3, -0.25) is 4.90 Å². The molecule has 0 amide bonds. The third-order valence-corrected chi connectivity index (χ3v) is 4.34. The van der Waals surface area contributed by atoms with Crippen molar-refractivity contribution in [3.63, 3.8) is 0 Å². The van der Waals surface area contributed by atoms with E-state index in [2.05, 4.69) is 23.3 Å². The number of ether oxygens (including phenoxy) is 1. The third kappa shape index (κ3) is 3.85. The maximum absolute atomic E-state index is 5.95. The molecule has 1 aliphatic heterocycles. The number of rotatable bonds is 7. The molecule has 1 aromatic carbocycles. The summed E-state index contributed by atoms with van der Waals surface area (Å²) in [5.41, 5.74) is 0.947. The SMILES string of the molecule is C=CCN1CCN(c2nc(OCCCC)c3ccccc3n2)CC1. The van der Waals surface area contributed by atoms with Crippen LogP contribution >= 0.6 is 0 Å². The smallest absolute Gasteiger partial charge is 0.229 e. The van der Waals surface area contributed by atoms with Crippen molar-refractivity contribution in [3.8, 4) is 5.88 Å². The number of fused-ring (bicyclic) bond motifs is 1. The Morgan fingerprint density at radius 1 is 1.17 bits per heavy atom. The molecule has 2 heterocycles. The molecule has 0 atom stereocenters. The van der Waals surface area contributed by atoms with Crippen LogP contribution in [-0.4, -0.2) is 54.2 Å². The summed E-state index contributed by atoms with van der Waals surface area (Å²) in [5.74, 6) is 1.48. The number of hydrogen-bond donors (Lipinski definition) is 0. The van der Waals surface area contributed by atoms with Gasteiger partial charge in [0.25, 0.3) is 0 Å². The number of hydrogen-bond acceptors (Lipinski definition) is 5. The molecule has 0 radical (unpaired) electrons. The zero-order chi connectivity index (χ0) is 16.8. The van der Waals surface area contributed by atoms with Gasteiger partial charge in [-0.1, -0.05) is 31.6 Å². The predicted molar refractivity (Wildman–Crippen MR) is 98.8 cm³/mol. The molecule has 3 rings (SSSR count). The highest BCUT2D eigenvalue weighted by Gasteiger charge is 2.20. The van der Waals surface area contributed by atoms with E-state index in [1.165, 1.54) is 0 Å². The highest BCUT2D eigenvalue weighted by atomic mass is 16.5. The number of piperazine rings is 1. The molecule has 1 aliphatic rings. The largest absolute Gasteiger partial charge is 0.477 e. The fourth-order valence-corrected chi connectivity index (χ4v) is 2.91. The van der Waals surface area contributed by atoms with Gasteiger partial charge in [0.1, 0.15) is 0 Å². The van der Waals surface area contributed by atoms with Crippen molar-refractivity contribution in [2.45, 2.75) is 19.8 Å². The average molecular weight is 326 g/mol. The highest BCUT2D eigenvalue weighted by Crippen LogP contribution is 2.26. The number of benzene rings is 1. The van der Waals surface area contributed by atoms with E-state index in [0.717, 1.165) is 62.4 Å². The third-order valence-electron chi connectivity index (χ3n) is 4.34.